The molecule has 0 bridgehead atoms. The number of hydrogen-bond donors (Lipinski definition) is 3. The lowest BCUT2D eigenvalue weighted by atomic mass is 10.1. The normalized spacial score (nSPS) is 20.1. The van der Waals surface area contributed by atoms with Crippen molar-refractivity contribution in [1.29, 1.82) is 0 Å². The molecule has 2 atom stereocenters. The third kappa shape index (κ3) is 3.48. The van der Waals surface area contributed by atoms with Gasteiger partial charge >= 0.3 is 5.97 Å². The predicted octanol–water partition coefficient (Wildman–Crippen LogP) is 1.08. The van der Waals surface area contributed by atoms with Gasteiger partial charge in [0.15, 0.2) is 0 Å². The number of carboxylic acids is 1. The van der Waals surface area contributed by atoms with Crippen molar-refractivity contribution < 1.29 is 14.7 Å². The lowest BCUT2D eigenvalue weighted by Gasteiger charge is -2.14. The van der Waals surface area contributed by atoms with E-state index in [0.717, 1.165) is 17.7 Å². The number of amides is 1. The Kier molecular flexibility index (Phi) is 4.44. The van der Waals surface area contributed by atoms with Crippen LogP contribution in [0.5, 0.6) is 0 Å². The summed E-state index contributed by atoms with van der Waals surface area (Å²) in [5.41, 5.74) is 7.41. The summed E-state index contributed by atoms with van der Waals surface area (Å²) in [5.74, 6) is -0.874. The van der Waals surface area contributed by atoms with Crippen LogP contribution in [0.1, 0.15) is 12.0 Å². The number of benzene rings is 1. The standard InChI is InChI=1S/C13H16N2O3S/c14-9(13(17)18)7-19-11-6-5-8-3-1-2-4-10(8)15-12(11)16/h1-4,9,11H,5-7,14H2,(H,15,16)(H,17,18)/t9-,11?/m0/s1. The van der Waals surface area contributed by atoms with Gasteiger partial charge in [-0.2, -0.15) is 0 Å². The maximum atomic E-state index is 12.0. The van der Waals surface area contributed by atoms with Crippen LogP contribution in [0, 0.1) is 0 Å². The predicted molar refractivity (Wildman–Crippen MR) is 75.2 cm³/mol. The van der Waals surface area contributed by atoms with Crippen LogP contribution in [0.4, 0.5) is 5.69 Å². The molecule has 1 amide bonds. The smallest absolute Gasteiger partial charge is 0.321 e. The van der Waals surface area contributed by atoms with Crippen LogP contribution in [0.2, 0.25) is 0 Å². The number of anilines is 1. The highest BCUT2D eigenvalue weighted by molar-refractivity contribution is 8.00. The minimum Gasteiger partial charge on any atom is -0.480 e. The summed E-state index contributed by atoms with van der Waals surface area (Å²) < 4.78 is 0. The maximum Gasteiger partial charge on any atom is 0.321 e. The molecule has 5 nitrogen and oxygen atoms in total. The fourth-order valence-electron chi connectivity index (χ4n) is 1.94. The summed E-state index contributed by atoms with van der Waals surface area (Å²) in [6, 6.07) is 6.77. The topological polar surface area (TPSA) is 92.4 Å². The third-order valence-electron chi connectivity index (χ3n) is 3.04. The zero-order chi connectivity index (χ0) is 13.8. The highest BCUT2D eigenvalue weighted by Gasteiger charge is 2.25. The van der Waals surface area contributed by atoms with E-state index in [2.05, 4.69) is 5.32 Å². The van der Waals surface area contributed by atoms with E-state index in [1.807, 2.05) is 24.3 Å². The van der Waals surface area contributed by atoms with Crippen LogP contribution >= 0.6 is 11.8 Å². The van der Waals surface area contributed by atoms with Gasteiger partial charge < -0.3 is 16.2 Å². The number of carbonyl (C=O) groups excluding carboxylic acids is 1. The summed E-state index contributed by atoms with van der Waals surface area (Å²) in [5, 5.41) is 11.4. The summed E-state index contributed by atoms with van der Waals surface area (Å²) >= 11 is 1.31. The fraction of sp³-hybridized carbons (Fsp3) is 0.385. The van der Waals surface area contributed by atoms with E-state index in [0.29, 0.717) is 6.42 Å². The first-order valence-electron chi connectivity index (χ1n) is 6.06. The molecular formula is C13H16N2O3S. The zero-order valence-corrected chi connectivity index (χ0v) is 11.2. The first-order chi connectivity index (χ1) is 9.08. The molecule has 0 spiro atoms. The zero-order valence-electron chi connectivity index (χ0n) is 10.3. The Labute approximate surface area is 115 Å². The lowest BCUT2D eigenvalue weighted by Crippen LogP contribution is -2.34. The number of aryl methyl sites for hydroxylation is 1. The molecule has 0 aliphatic carbocycles. The largest absolute Gasteiger partial charge is 0.480 e. The van der Waals surface area contributed by atoms with Gasteiger partial charge in [-0.15, -0.1) is 11.8 Å². The van der Waals surface area contributed by atoms with Crippen molar-refractivity contribution >= 4 is 29.3 Å². The Bertz CT molecular complexity index is 493. The molecule has 19 heavy (non-hydrogen) atoms. The number of fused-ring (bicyclic) bond motifs is 1. The second kappa shape index (κ2) is 6.08. The van der Waals surface area contributed by atoms with Gasteiger partial charge in [0.05, 0.1) is 5.25 Å². The quantitative estimate of drug-likeness (QED) is 0.767. The number of para-hydroxylation sites is 1. The lowest BCUT2D eigenvalue weighted by molar-refractivity contribution is -0.137. The Morgan fingerprint density at radius 3 is 3.00 bits per heavy atom. The summed E-state index contributed by atoms with van der Waals surface area (Å²) in [4.78, 5) is 22.7. The molecule has 2 rings (SSSR count). The first-order valence-corrected chi connectivity index (χ1v) is 7.11. The Hall–Kier alpha value is -1.53. The van der Waals surface area contributed by atoms with Crippen molar-refractivity contribution in [2.75, 3.05) is 11.1 Å². The van der Waals surface area contributed by atoms with Crippen molar-refractivity contribution in [3.8, 4) is 0 Å². The minimum atomic E-state index is -1.04. The number of carbonyl (C=O) groups is 2. The molecule has 0 radical (unpaired) electrons. The Morgan fingerprint density at radius 1 is 1.53 bits per heavy atom. The van der Waals surface area contributed by atoms with Gasteiger partial charge in [0.2, 0.25) is 5.91 Å². The number of carboxylic acid groups (broad SMARTS) is 1. The number of thioether (sulfide) groups is 1. The minimum absolute atomic E-state index is 0.0764. The summed E-state index contributed by atoms with van der Waals surface area (Å²) in [6.45, 7) is 0. The number of aliphatic carboxylic acids is 1. The van der Waals surface area contributed by atoms with E-state index in [1.54, 1.807) is 0 Å². The highest BCUT2D eigenvalue weighted by Crippen LogP contribution is 2.27. The van der Waals surface area contributed by atoms with E-state index in [-0.39, 0.29) is 16.9 Å². The second-order valence-electron chi connectivity index (χ2n) is 4.45. The van der Waals surface area contributed by atoms with Crippen molar-refractivity contribution in [2.45, 2.75) is 24.1 Å². The molecule has 0 saturated heterocycles. The molecule has 1 unspecified atom stereocenters. The maximum absolute atomic E-state index is 12.0. The van der Waals surface area contributed by atoms with Gasteiger partial charge in [-0.3, -0.25) is 9.59 Å². The van der Waals surface area contributed by atoms with Crippen molar-refractivity contribution in [3.05, 3.63) is 29.8 Å². The van der Waals surface area contributed by atoms with Crippen LogP contribution in [0.25, 0.3) is 0 Å². The van der Waals surface area contributed by atoms with Gasteiger partial charge in [-0.1, -0.05) is 18.2 Å². The van der Waals surface area contributed by atoms with Crippen LogP contribution in [0.15, 0.2) is 24.3 Å². The number of rotatable bonds is 4. The molecule has 102 valence electrons. The van der Waals surface area contributed by atoms with E-state index < -0.39 is 12.0 Å². The molecule has 1 aliphatic heterocycles. The van der Waals surface area contributed by atoms with Crippen molar-refractivity contribution in [3.63, 3.8) is 0 Å². The number of hydrogen-bond acceptors (Lipinski definition) is 4. The van der Waals surface area contributed by atoms with Crippen LogP contribution in [-0.4, -0.2) is 34.0 Å². The molecule has 0 fully saturated rings. The van der Waals surface area contributed by atoms with E-state index in [1.165, 1.54) is 11.8 Å². The number of nitrogens with two attached hydrogens (primary N) is 1. The van der Waals surface area contributed by atoms with E-state index >= 15 is 0 Å². The van der Waals surface area contributed by atoms with Crippen molar-refractivity contribution in [1.82, 2.24) is 0 Å². The van der Waals surface area contributed by atoms with Crippen LogP contribution in [0.3, 0.4) is 0 Å². The van der Waals surface area contributed by atoms with Gasteiger partial charge in [0.1, 0.15) is 6.04 Å². The summed E-state index contributed by atoms with van der Waals surface area (Å²) in [6.07, 6.45) is 1.49. The van der Waals surface area contributed by atoms with Crippen LogP contribution in [-0.2, 0) is 16.0 Å². The molecule has 1 heterocycles. The molecular weight excluding hydrogens is 264 g/mol. The van der Waals surface area contributed by atoms with Crippen molar-refractivity contribution in [2.24, 2.45) is 5.73 Å². The molecule has 6 heteroatoms. The Morgan fingerprint density at radius 2 is 2.26 bits per heavy atom. The van der Waals surface area contributed by atoms with Gasteiger partial charge in [0, 0.05) is 11.4 Å². The molecule has 0 saturated carbocycles. The molecule has 1 aromatic rings. The Balaban J connectivity index is 1.99. The molecule has 1 aromatic carbocycles. The fourth-order valence-corrected chi connectivity index (χ4v) is 3.02. The number of nitrogens with one attached hydrogen (secondary N) is 1. The molecule has 4 N–H and O–H groups in total. The molecule has 0 aromatic heterocycles. The van der Waals surface area contributed by atoms with Gasteiger partial charge in [-0.05, 0) is 24.5 Å². The highest BCUT2D eigenvalue weighted by atomic mass is 32.2. The average molecular weight is 280 g/mol. The van der Waals surface area contributed by atoms with Gasteiger partial charge in [-0.25, -0.2) is 0 Å². The van der Waals surface area contributed by atoms with E-state index in [4.69, 9.17) is 10.8 Å². The van der Waals surface area contributed by atoms with Crippen LogP contribution < -0.4 is 11.1 Å². The van der Waals surface area contributed by atoms with E-state index in [9.17, 15) is 9.59 Å². The third-order valence-corrected chi connectivity index (χ3v) is 4.44. The second-order valence-corrected chi connectivity index (χ2v) is 5.69. The SMILES string of the molecule is N[C@@H](CSC1CCc2ccccc2NC1=O)C(=O)O. The summed E-state index contributed by atoms with van der Waals surface area (Å²) in [7, 11) is 0. The van der Waals surface area contributed by atoms with Gasteiger partial charge in [0.25, 0.3) is 0 Å². The first kappa shape index (κ1) is 13.9. The monoisotopic (exact) mass is 280 g/mol. The molecule has 1 aliphatic rings. The average Bonchev–Trinajstić information content (AvgIpc) is 2.54.